The van der Waals surface area contributed by atoms with E-state index < -0.39 is 5.56 Å². The lowest BCUT2D eigenvalue weighted by Crippen LogP contribution is -2.12. The van der Waals surface area contributed by atoms with Gasteiger partial charge in [-0.05, 0) is 12.1 Å². The first-order valence-corrected chi connectivity index (χ1v) is 5.63. The van der Waals surface area contributed by atoms with Crippen molar-refractivity contribution in [3.8, 4) is 17.6 Å². The topological polar surface area (TPSA) is 82.4 Å². The van der Waals surface area contributed by atoms with Crippen molar-refractivity contribution in [1.82, 2.24) is 15.0 Å². The third kappa shape index (κ3) is 1.96. The fourth-order valence-corrected chi connectivity index (χ4v) is 1.80. The lowest BCUT2D eigenvalue weighted by molar-refractivity contribution is 1.09. The Kier molecular flexibility index (Phi) is 2.54. The summed E-state index contributed by atoms with van der Waals surface area (Å²) in [7, 11) is 0. The van der Waals surface area contributed by atoms with Crippen molar-refractivity contribution in [2.45, 2.75) is 0 Å². The van der Waals surface area contributed by atoms with Gasteiger partial charge in [-0.25, -0.2) is 9.97 Å². The monoisotopic (exact) mass is 248 g/mol. The average Bonchev–Trinajstić information content (AvgIpc) is 2.46. The number of nitrogens with one attached hydrogen (secondary N) is 1. The first kappa shape index (κ1) is 11.1. The second-order valence-electron chi connectivity index (χ2n) is 3.98. The van der Waals surface area contributed by atoms with Gasteiger partial charge in [-0.15, -0.1) is 0 Å². The van der Waals surface area contributed by atoms with Crippen LogP contribution in [0, 0.1) is 11.3 Å². The summed E-state index contributed by atoms with van der Waals surface area (Å²) in [6.45, 7) is 0. The van der Waals surface area contributed by atoms with E-state index >= 15 is 0 Å². The van der Waals surface area contributed by atoms with Gasteiger partial charge in [-0.1, -0.05) is 24.3 Å². The van der Waals surface area contributed by atoms with Gasteiger partial charge in [0.15, 0.2) is 5.82 Å². The number of hydrogen-bond acceptors (Lipinski definition) is 4. The van der Waals surface area contributed by atoms with Crippen molar-refractivity contribution in [3.05, 3.63) is 58.5 Å². The van der Waals surface area contributed by atoms with Crippen molar-refractivity contribution < 1.29 is 0 Å². The van der Waals surface area contributed by atoms with Crippen molar-refractivity contribution in [1.29, 1.82) is 5.26 Å². The summed E-state index contributed by atoms with van der Waals surface area (Å²) in [6, 6.07) is 13.2. The number of nitrogens with zero attached hydrogens (tertiary/aromatic N) is 3. The summed E-state index contributed by atoms with van der Waals surface area (Å²) < 4.78 is 0. The van der Waals surface area contributed by atoms with Gasteiger partial charge >= 0.3 is 0 Å². The van der Waals surface area contributed by atoms with Gasteiger partial charge < -0.3 is 4.98 Å². The second kappa shape index (κ2) is 4.35. The molecule has 0 aliphatic heterocycles. The zero-order chi connectivity index (χ0) is 13.2. The lowest BCUT2D eigenvalue weighted by atomic mass is 10.2. The molecule has 2 heterocycles. The highest BCUT2D eigenvalue weighted by Gasteiger charge is 2.06. The highest BCUT2D eigenvalue weighted by atomic mass is 16.1. The molecule has 5 nitrogen and oxygen atoms in total. The van der Waals surface area contributed by atoms with Crippen LogP contribution < -0.4 is 5.56 Å². The van der Waals surface area contributed by atoms with E-state index in [1.807, 2.05) is 30.3 Å². The van der Waals surface area contributed by atoms with E-state index in [-0.39, 0.29) is 5.56 Å². The fraction of sp³-hybridized carbons (Fsp3) is 0. The van der Waals surface area contributed by atoms with Crippen molar-refractivity contribution >= 4 is 10.9 Å². The number of benzene rings is 1. The predicted octanol–water partition coefficient (Wildman–Crippen LogP) is 1.86. The molecule has 0 aliphatic carbocycles. The van der Waals surface area contributed by atoms with Crippen LogP contribution in [0.2, 0.25) is 0 Å². The average molecular weight is 248 g/mol. The van der Waals surface area contributed by atoms with E-state index in [4.69, 9.17) is 5.26 Å². The van der Waals surface area contributed by atoms with Gasteiger partial charge in [0.05, 0.1) is 11.7 Å². The molecule has 0 saturated heterocycles. The minimum absolute atomic E-state index is 0.00969. The van der Waals surface area contributed by atoms with E-state index in [1.165, 1.54) is 6.20 Å². The van der Waals surface area contributed by atoms with Gasteiger partial charge in [-0.3, -0.25) is 4.79 Å². The first-order chi connectivity index (χ1) is 9.28. The van der Waals surface area contributed by atoms with Crippen LogP contribution in [0.4, 0.5) is 0 Å². The van der Waals surface area contributed by atoms with Crippen LogP contribution in [-0.2, 0) is 0 Å². The van der Waals surface area contributed by atoms with E-state index in [0.29, 0.717) is 11.5 Å². The van der Waals surface area contributed by atoms with Gasteiger partial charge in [0.2, 0.25) is 0 Å². The highest BCUT2D eigenvalue weighted by molar-refractivity contribution is 5.80. The zero-order valence-corrected chi connectivity index (χ0v) is 9.79. The van der Waals surface area contributed by atoms with Gasteiger partial charge in [0.25, 0.3) is 5.56 Å². The lowest BCUT2D eigenvalue weighted by Gasteiger charge is -2.02. The number of rotatable bonds is 1. The molecule has 5 heteroatoms. The molecule has 0 saturated carbocycles. The maximum absolute atomic E-state index is 11.6. The maximum Gasteiger partial charge on any atom is 0.269 e. The van der Waals surface area contributed by atoms with Gasteiger partial charge in [0.1, 0.15) is 17.3 Å². The Labute approximate surface area is 108 Å². The van der Waals surface area contributed by atoms with Gasteiger partial charge in [-0.2, -0.15) is 5.26 Å². The summed E-state index contributed by atoms with van der Waals surface area (Å²) in [4.78, 5) is 22.6. The molecule has 90 valence electrons. The second-order valence-corrected chi connectivity index (χ2v) is 3.98. The molecule has 0 spiro atoms. The Morgan fingerprint density at radius 1 is 1.16 bits per heavy atom. The van der Waals surface area contributed by atoms with E-state index in [9.17, 15) is 4.79 Å². The molecule has 0 bridgehead atoms. The Bertz CT molecular complexity index is 861. The number of fused-ring (bicyclic) bond motifs is 1. The van der Waals surface area contributed by atoms with Crippen LogP contribution >= 0.6 is 0 Å². The van der Waals surface area contributed by atoms with Crippen LogP contribution in [0.5, 0.6) is 0 Å². The molecule has 0 amide bonds. The molecule has 19 heavy (non-hydrogen) atoms. The summed E-state index contributed by atoms with van der Waals surface area (Å²) in [6.07, 6.45) is 1.25. The molecule has 0 radical (unpaired) electrons. The molecule has 1 N–H and O–H groups in total. The predicted molar refractivity (Wildman–Crippen MR) is 70.3 cm³/mol. The molecule has 0 unspecified atom stereocenters. The molecule has 0 aliphatic rings. The fourth-order valence-electron chi connectivity index (χ4n) is 1.80. The Morgan fingerprint density at radius 2 is 2.00 bits per heavy atom. The number of aromatic amines is 1. The smallest absolute Gasteiger partial charge is 0.269 e. The SMILES string of the molecule is N#Cc1cnc(-c2ccc3ccccc3n2)[nH]c1=O. The van der Waals surface area contributed by atoms with Crippen LogP contribution in [0.3, 0.4) is 0 Å². The summed E-state index contributed by atoms with van der Waals surface area (Å²) >= 11 is 0. The molecule has 3 rings (SSSR count). The Balaban J connectivity index is 2.17. The van der Waals surface area contributed by atoms with Crippen LogP contribution in [0.25, 0.3) is 22.4 Å². The Hall–Kier alpha value is -3.00. The first-order valence-electron chi connectivity index (χ1n) is 5.63. The number of pyridine rings is 1. The normalized spacial score (nSPS) is 10.3. The molecule has 2 aromatic heterocycles. The van der Waals surface area contributed by atoms with Crippen LogP contribution in [-0.4, -0.2) is 15.0 Å². The molecular formula is C14H8N4O. The molecular weight excluding hydrogens is 240 g/mol. The highest BCUT2D eigenvalue weighted by Crippen LogP contribution is 2.16. The van der Waals surface area contributed by atoms with E-state index in [2.05, 4.69) is 15.0 Å². The van der Waals surface area contributed by atoms with Crippen LogP contribution in [0.15, 0.2) is 47.4 Å². The minimum Gasteiger partial charge on any atom is -0.304 e. The summed E-state index contributed by atoms with van der Waals surface area (Å²) in [5, 5.41) is 9.71. The molecule has 3 aromatic rings. The van der Waals surface area contributed by atoms with Crippen LogP contribution in [0.1, 0.15) is 5.56 Å². The Morgan fingerprint density at radius 3 is 2.79 bits per heavy atom. The number of para-hydroxylation sites is 1. The third-order valence-electron chi connectivity index (χ3n) is 2.76. The minimum atomic E-state index is -0.456. The summed E-state index contributed by atoms with van der Waals surface area (Å²) in [5.74, 6) is 0.356. The maximum atomic E-state index is 11.6. The largest absolute Gasteiger partial charge is 0.304 e. The van der Waals surface area contributed by atoms with E-state index in [0.717, 1.165) is 10.9 Å². The molecule has 0 atom stereocenters. The van der Waals surface area contributed by atoms with Crippen molar-refractivity contribution in [3.63, 3.8) is 0 Å². The molecule has 0 fully saturated rings. The summed E-state index contributed by atoms with van der Waals surface area (Å²) in [5.41, 5.74) is 0.930. The van der Waals surface area contributed by atoms with Crippen molar-refractivity contribution in [2.24, 2.45) is 0 Å². The number of H-pyrrole nitrogens is 1. The third-order valence-corrected chi connectivity index (χ3v) is 2.76. The van der Waals surface area contributed by atoms with E-state index in [1.54, 1.807) is 12.1 Å². The number of aromatic nitrogens is 3. The van der Waals surface area contributed by atoms with Gasteiger partial charge in [0, 0.05) is 5.39 Å². The van der Waals surface area contributed by atoms with Crippen molar-refractivity contribution in [2.75, 3.05) is 0 Å². The zero-order valence-electron chi connectivity index (χ0n) is 9.79. The molecule has 1 aromatic carbocycles. The standard InChI is InChI=1S/C14H8N4O/c15-7-10-8-16-13(18-14(10)19)12-6-5-9-3-1-2-4-11(9)17-12/h1-6,8H,(H,16,18,19). The number of nitriles is 1. The quantitative estimate of drug-likeness (QED) is 0.712. The number of hydrogen-bond donors (Lipinski definition) is 1.